The first-order valence-electron chi connectivity index (χ1n) is 6.67. The highest BCUT2D eigenvalue weighted by Gasteiger charge is 2.19. The molecule has 0 aliphatic rings. The molecule has 0 aromatic heterocycles. The maximum absolute atomic E-state index is 13.6. The highest BCUT2D eigenvalue weighted by Crippen LogP contribution is 2.38. The van der Waals surface area contributed by atoms with E-state index in [0.29, 0.717) is 6.07 Å². The molecule has 2 aromatic rings. The summed E-state index contributed by atoms with van der Waals surface area (Å²) in [5, 5.41) is 2.16. The Morgan fingerprint density at radius 1 is 0.917 bits per heavy atom. The van der Waals surface area contributed by atoms with E-state index in [9.17, 15) is 18.0 Å². The van der Waals surface area contributed by atoms with E-state index in [1.165, 1.54) is 33.5 Å². The standard InChI is InChI=1S/C16H14F3NO4/c1-22-11-6-8(7-12(23-2)15(11)24-3)16(21)20-10-5-4-9(17)13(18)14(10)19/h4-7H,1-3H3,(H,20,21). The van der Waals surface area contributed by atoms with E-state index < -0.39 is 29.0 Å². The summed E-state index contributed by atoms with van der Waals surface area (Å²) in [5.41, 5.74) is -0.443. The third-order valence-electron chi connectivity index (χ3n) is 3.21. The van der Waals surface area contributed by atoms with Gasteiger partial charge >= 0.3 is 0 Å². The van der Waals surface area contributed by atoms with Gasteiger partial charge in [-0.1, -0.05) is 0 Å². The molecule has 2 aromatic carbocycles. The topological polar surface area (TPSA) is 56.8 Å². The normalized spacial score (nSPS) is 10.2. The Hall–Kier alpha value is -2.90. The van der Waals surface area contributed by atoms with Crippen molar-refractivity contribution in [1.29, 1.82) is 0 Å². The molecule has 24 heavy (non-hydrogen) atoms. The fraction of sp³-hybridized carbons (Fsp3) is 0.188. The minimum atomic E-state index is -1.67. The van der Waals surface area contributed by atoms with Gasteiger partial charge in [-0.05, 0) is 24.3 Å². The van der Waals surface area contributed by atoms with E-state index in [4.69, 9.17) is 14.2 Å². The van der Waals surface area contributed by atoms with Crippen molar-refractivity contribution in [1.82, 2.24) is 0 Å². The van der Waals surface area contributed by atoms with Crippen molar-refractivity contribution in [2.45, 2.75) is 0 Å². The van der Waals surface area contributed by atoms with Gasteiger partial charge in [0.15, 0.2) is 29.0 Å². The molecule has 0 bridgehead atoms. The summed E-state index contributed by atoms with van der Waals surface area (Å²) < 4.78 is 55.1. The first kappa shape index (κ1) is 17.5. The largest absolute Gasteiger partial charge is 0.493 e. The molecule has 2 rings (SSSR count). The summed E-state index contributed by atoms with van der Waals surface area (Å²) in [7, 11) is 4.14. The molecule has 0 heterocycles. The Balaban J connectivity index is 2.38. The van der Waals surface area contributed by atoms with Crippen LogP contribution in [0.5, 0.6) is 17.2 Å². The molecule has 0 unspecified atom stereocenters. The van der Waals surface area contributed by atoms with Crippen LogP contribution in [-0.4, -0.2) is 27.2 Å². The molecule has 128 valence electrons. The molecule has 0 aliphatic carbocycles. The number of hydrogen-bond acceptors (Lipinski definition) is 4. The summed E-state index contributed by atoms with van der Waals surface area (Å²) in [5.74, 6) is -4.57. The molecule has 1 amide bonds. The molecule has 0 saturated heterocycles. The van der Waals surface area contributed by atoms with Gasteiger partial charge in [0.2, 0.25) is 5.75 Å². The number of amides is 1. The molecule has 0 aliphatic heterocycles. The molecule has 0 atom stereocenters. The van der Waals surface area contributed by atoms with Crippen LogP contribution in [0.4, 0.5) is 18.9 Å². The van der Waals surface area contributed by atoms with Crippen molar-refractivity contribution in [3.05, 3.63) is 47.3 Å². The van der Waals surface area contributed by atoms with Gasteiger partial charge in [0, 0.05) is 5.56 Å². The quantitative estimate of drug-likeness (QED) is 0.847. The first-order valence-corrected chi connectivity index (χ1v) is 6.67. The molecule has 1 N–H and O–H groups in total. The number of rotatable bonds is 5. The third kappa shape index (κ3) is 3.22. The SMILES string of the molecule is COc1cc(C(=O)Nc2ccc(F)c(F)c2F)cc(OC)c1OC. The van der Waals surface area contributed by atoms with E-state index in [0.717, 1.165) is 6.07 Å². The Labute approximate surface area is 135 Å². The molecule has 0 saturated carbocycles. The van der Waals surface area contributed by atoms with Crippen LogP contribution in [0, 0.1) is 17.5 Å². The molecular weight excluding hydrogens is 327 g/mol. The van der Waals surface area contributed by atoms with Crippen molar-refractivity contribution < 1.29 is 32.2 Å². The van der Waals surface area contributed by atoms with Crippen LogP contribution in [0.1, 0.15) is 10.4 Å². The zero-order valence-corrected chi connectivity index (χ0v) is 13.1. The van der Waals surface area contributed by atoms with Gasteiger partial charge in [0.25, 0.3) is 5.91 Å². The zero-order valence-electron chi connectivity index (χ0n) is 13.1. The van der Waals surface area contributed by atoms with E-state index in [-0.39, 0.29) is 22.8 Å². The van der Waals surface area contributed by atoms with Gasteiger partial charge < -0.3 is 19.5 Å². The van der Waals surface area contributed by atoms with Crippen LogP contribution in [0.15, 0.2) is 24.3 Å². The van der Waals surface area contributed by atoms with Crippen molar-refractivity contribution in [2.75, 3.05) is 26.6 Å². The number of benzene rings is 2. The van der Waals surface area contributed by atoms with Crippen LogP contribution in [0.3, 0.4) is 0 Å². The summed E-state index contributed by atoms with van der Waals surface area (Å²) in [4.78, 5) is 12.3. The number of anilines is 1. The van der Waals surface area contributed by atoms with E-state index in [2.05, 4.69) is 5.32 Å². The number of halogens is 3. The van der Waals surface area contributed by atoms with E-state index >= 15 is 0 Å². The maximum Gasteiger partial charge on any atom is 0.256 e. The molecule has 0 spiro atoms. The monoisotopic (exact) mass is 341 g/mol. The number of methoxy groups -OCH3 is 3. The lowest BCUT2D eigenvalue weighted by Crippen LogP contribution is -2.14. The molecule has 0 radical (unpaired) electrons. The molecule has 5 nitrogen and oxygen atoms in total. The average Bonchev–Trinajstić information content (AvgIpc) is 2.60. The number of carbonyl (C=O) groups excluding carboxylic acids is 1. The molecular formula is C16H14F3NO4. The molecule has 8 heteroatoms. The number of ether oxygens (including phenoxy) is 3. The van der Waals surface area contributed by atoms with Crippen molar-refractivity contribution in [3.63, 3.8) is 0 Å². The van der Waals surface area contributed by atoms with E-state index in [1.54, 1.807) is 0 Å². The lowest BCUT2D eigenvalue weighted by atomic mass is 10.1. The summed E-state index contributed by atoms with van der Waals surface area (Å²) in [6.07, 6.45) is 0. The predicted molar refractivity (Wildman–Crippen MR) is 80.4 cm³/mol. The van der Waals surface area contributed by atoms with Crippen LogP contribution in [0.2, 0.25) is 0 Å². The summed E-state index contributed by atoms with van der Waals surface area (Å²) in [6, 6.07) is 4.32. The maximum atomic E-state index is 13.6. The second-order valence-electron chi connectivity index (χ2n) is 4.59. The fourth-order valence-electron chi connectivity index (χ4n) is 2.03. The van der Waals surface area contributed by atoms with Gasteiger partial charge in [-0.25, -0.2) is 13.2 Å². The van der Waals surface area contributed by atoms with Crippen LogP contribution in [0.25, 0.3) is 0 Å². The van der Waals surface area contributed by atoms with Crippen LogP contribution >= 0.6 is 0 Å². The third-order valence-corrected chi connectivity index (χ3v) is 3.21. The van der Waals surface area contributed by atoms with Crippen molar-refractivity contribution in [2.24, 2.45) is 0 Å². The fourth-order valence-corrected chi connectivity index (χ4v) is 2.03. The number of carbonyl (C=O) groups is 1. The smallest absolute Gasteiger partial charge is 0.256 e. The Morgan fingerprint density at radius 3 is 2.00 bits per heavy atom. The Morgan fingerprint density at radius 2 is 1.50 bits per heavy atom. The highest BCUT2D eigenvalue weighted by atomic mass is 19.2. The summed E-state index contributed by atoms with van der Waals surface area (Å²) in [6.45, 7) is 0. The van der Waals surface area contributed by atoms with Gasteiger partial charge in [-0.2, -0.15) is 0 Å². The van der Waals surface area contributed by atoms with Gasteiger partial charge in [-0.3, -0.25) is 4.79 Å². The Bertz CT molecular complexity index is 755. The first-order chi connectivity index (χ1) is 11.4. The van der Waals surface area contributed by atoms with Crippen molar-refractivity contribution in [3.8, 4) is 17.2 Å². The van der Waals surface area contributed by atoms with Crippen LogP contribution in [-0.2, 0) is 0 Å². The lowest BCUT2D eigenvalue weighted by Gasteiger charge is -2.14. The number of nitrogens with one attached hydrogen (secondary N) is 1. The predicted octanol–water partition coefficient (Wildman–Crippen LogP) is 3.38. The Kier molecular flexibility index (Phi) is 5.18. The second-order valence-corrected chi connectivity index (χ2v) is 4.59. The second kappa shape index (κ2) is 7.12. The van der Waals surface area contributed by atoms with Gasteiger partial charge in [0.1, 0.15) is 0 Å². The minimum Gasteiger partial charge on any atom is -0.493 e. The number of hydrogen-bond donors (Lipinski definition) is 1. The van der Waals surface area contributed by atoms with Gasteiger partial charge in [0.05, 0.1) is 27.0 Å². The van der Waals surface area contributed by atoms with Gasteiger partial charge in [-0.15, -0.1) is 0 Å². The highest BCUT2D eigenvalue weighted by molar-refractivity contribution is 6.05. The van der Waals surface area contributed by atoms with E-state index in [1.807, 2.05) is 0 Å². The molecule has 0 fully saturated rings. The minimum absolute atomic E-state index is 0.0497. The lowest BCUT2D eigenvalue weighted by molar-refractivity contribution is 0.102. The average molecular weight is 341 g/mol. The summed E-state index contributed by atoms with van der Waals surface area (Å²) >= 11 is 0. The zero-order chi connectivity index (χ0) is 17.9. The van der Waals surface area contributed by atoms with Crippen LogP contribution < -0.4 is 19.5 Å². The van der Waals surface area contributed by atoms with Crippen molar-refractivity contribution >= 4 is 11.6 Å².